The molecule has 0 saturated carbocycles. The number of carbonyl (C=O) groups excluding carboxylic acids is 2. The number of nitrogens with one attached hydrogen (secondary N) is 2. The van der Waals surface area contributed by atoms with Crippen molar-refractivity contribution in [3.05, 3.63) is 12.2 Å². The first-order chi connectivity index (χ1) is 12.1. The number of piperidine rings is 1. The van der Waals surface area contributed by atoms with Crippen LogP contribution < -0.4 is 10.6 Å². The molecular weight excluding hydrogens is 324 g/mol. The molecule has 3 rings (SSSR count). The smallest absolute Gasteiger partial charge is 0.317 e. The molecule has 3 amide bonds. The molecular formula is C16H26N6O3. The topological polar surface area (TPSA) is 101 Å². The number of ether oxygens (including phenoxy) is 1. The lowest BCUT2D eigenvalue weighted by atomic mass is 9.78. The van der Waals surface area contributed by atoms with Crippen LogP contribution in [0.25, 0.3) is 0 Å². The van der Waals surface area contributed by atoms with E-state index in [0.717, 1.165) is 25.2 Å². The Morgan fingerprint density at radius 2 is 2.24 bits per heavy atom. The fraction of sp³-hybridized carbons (Fsp3) is 0.750. The summed E-state index contributed by atoms with van der Waals surface area (Å²) in [5, 5.41) is 13.9. The van der Waals surface area contributed by atoms with Gasteiger partial charge in [0.05, 0.1) is 6.61 Å². The second kappa shape index (κ2) is 7.81. The second-order valence-electron chi connectivity index (χ2n) is 6.86. The molecule has 2 saturated heterocycles. The number of hydrogen-bond donors (Lipinski definition) is 2. The van der Waals surface area contributed by atoms with Crippen LogP contribution in [0.15, 0.2) is 6.33 Å². The van der Waals surface area contributed by atoms with E-state index in [1.54, 1.807) is 13.4 Å². The van der Waals surface area contributed by atoms with Crippen LogP contribution in [0.3, 0.4) is 0 Å². The lowest BCUT2D eigenvalue weighted by Crippen LogP contribution is -2.48. The van der Waals surface area contributed by atoms with Crippen molar-refractivity contribution in [1.29, 1.82) is 0 Å². The van der Waals surface area contributed by atoms with E-state index < -0.39 is 0 Å². The summed E-state index contributed by atoms with van der Waals surface area (Å²) in [6.07, 6.45) is 4.66. The van der Waals surface area contributed by atoms with Gasteiger partial charge in [-0.05, 0) is 18.3 Å². The van der Waals surface area contributed by atoms with Gasteiger partial charge in [-0.25, -0.2) is 4.79 Å². The van der Waals surface area contributed by atoms with Gasteiger partial charge in [-0.15, -0.1) is 10.2 Å². The molecule has 0 unspecified atom stereocenters. The van der Waals surface area contributed by atoms with E-state index in [4.69, 9.17) is 4.74 Å². The van der Waals surface area contributed by atoms with E-state index in [1.807, 2.05) is 9.47 Å². The lowest BCUT2D eigenvalue weighted by molar-refractivity contribution is -0.119. The van der Waals surface area contributed by atoms with Gasteiger partial charge < -0.3 is 24.8 Å². The van der Waals surface area contributed by atoms with Crippen LogP contribution in [0.1, 0.15) is 25.1 Å². The Bertz CT molecular complexity index is 609. The largest absolute Gasteiger partial charge is 0.383 e. The molecule has 0 atom stereocenters. The zero-order valence-electron chi connectivity index (χ0n) is 14.7. The van der Waals surface area contributed by atoms with Gasteiger partial charge in [0.25, 0.3) is 0 Å². The molecule has 9 nitrogen and oxygen atoms in total. The highest BCUT2D eigenvalue weighted by atomic mass is 16.5. The normalized spacial score (nSPS) is 19.2. The summed E-state index contributed by atoms with van der Waals surface area (Å²) < 4.78 is 7.00. The van der Waals surface area contributed by atoms with Crippen LogP contribution in [-0.2, 0) is 22.5 Å². The van der Waals surface area contributed by atoms with Gasteiger partial charge >= 0.3 is 6.03 Å². The van der Waals surface area contributed by atoms with Crippen molar-refractivity contribution in [1.82, 2.24) is 30.3 Å². The molecule has 25 heavy (non-hydrogen) atoms. The van der Waals surface area contributed by atoms with Gasteiger partial charge in [0.15, 0.2) is 0 Å². The monoisotopic (exact) mass is 350 g/mol. The van der Waals surface area contributed by atoms with Crippen LogP contribution in [0.5, 0.6) is 0 Å². The van der Waals surface area contributed by atoms with Crippen LogP contribution in [0, 0.1) is 5.41 Å². The van der Waals surface area contributed by atoms with Crippen molar-refractivity contribution in [2.24, 2.45) is 5.41 Å². The Hall–Kier alpha value is -2.16. The standard InChI is InChI=1S/C16H26N6O3/c1-25-9-8-22-12-19-20-13(22)2-5-17-15(24)21-6-3-16(4-7-21)10-14(23)18-11-16/h12H,2-11H2,1H3,(H,17,24)(H,18,23). The summed E-state index contributed by atoms with van der Waals surface area (Å²) in [6.45, 7) is 3.97. The summed E-state index contributed by atoms with van der Waals surface area (Å²) in [7, 11) is 1.66. The Labute approximate surface area is 147 Å². The van der Waals surface area contributed by atoms with E-state index in [1.165, 1.54) is 0 Å². The van der Waals surface area contributed by atoms with E-state index in [9.17, 15) is 9.59 Å². The SMILES string of the molecule is COCCn1cnnc1CCNC(=O)N1CCC2(CC1)CNC(=O)C2. The second-order valence-corrected chi connectivity index (χ2v) is 6.86. The van der Waals surface area contributed by atoms with Gasteiger partial charge in [-0.2, -0.15) is 0 Å². The fourth-order valence-electron chi connectivity index (χ4n) is 3.53. The minimum Gasteiger partial charge on any atom is -0.383 e. The number of amides is 3. The molecule has 1 aromatic rings. The van der Waals surface area contributed by atoms with Crippen LogP contribution >= 0.6 is 0 Å². The molecule has 0 radical (unpaired) electrons. The first-order valence-corrected chi connectivity index (χ1v) is 8.77. The number of carbonyl (C=O) groups is 2. The van der Waals surface area contributed by atoms with Crippen LogP contribution in [0.2, 0.25) is 0 Å². The van der Waals surface area contributed by atoms with Crippen molar-refractivity contribution in [2.75, 3.05) is 39.9 Å². The first-order valence-electron chi connectivity index (χ1n) is 8.77. The molecule has 2 aliphatic heterocycles. The molecule has 138 valence electrons. The molecule has 1 spiro atoms. The maximum absolute atomic E-state index is 12.3. The van der Waals surface area contributed by atoms with E-state index in [2.05, 4.69) is 20.8 Å². The van der Waals surface area contributed by atoms with E-state index in [0.29, 0.717) is 45.6 Å². The van der Waals surface area contributed by atoms with E-state index >= 15 is 0 Å². The first kappa shape index (κ1) is 17.7. The summed E-state index contributed by atoms with van der Waals surface area (Å²) in [5.74, 6) is 0.973. The third-order valence-electron chi connectivity index (χ3n) is 5.16. The Kier molecular flexibility index (Phi) is 5.52. The molecule has 3 heterocycles. The highest BCUT2D eigenvalue weighted by Gasteiger charge is 2.41. The minimum absolute atomic E-state index is 0.0462. The Balaban J connectivity index is 1.40. The highest BCUT2D eigenvalue weighted by Crippen LogP contribution is 2.37. The van der Waals surface area contributed by atoms with Crippen molar-refractivity contribution >= 4 is 11.9 Å². The van der Waals surface area contributed by atoms with E-state index in [-0.39, 0.29) is 17.4 Å². The number of urea groups is 1. The van der Waals surface area contributed by atoms with Crippen molar-refractivity contribution in [3.63, 3.8) is 0 Å². The summed E-state index contributed by atoms with van der Waals surface area (Å²) in [4.78, 5) is 25.6. The number of methoxy groups -OCH3 is 1. The van der Waals surface area contributed by atoms with Gasteiger partial charge in [0.1, 0.15) is 12.2 Å². The van der Waals surface area contributed by atoms with Crippen molar-refractivity contribution in [3.8, 4) is 0 Å². The predicted octanol–water partition coefficient (Wildman–Crippen LogP) is -0.221. The Morgan fingerprint density at radius 3 is 2.92 bits per heavy atom. The molecule has 0 bridgehead atoms. The Morgan fingerprint density at radius 1 is 1.44 bits per heavy atom. The van der Waals surface area contributed by atoms with Gasteiger partial charge in [-0.1, -0.05) is 0 Å². The number of nitrogens with zero attached hydrogens (tertiary/aromatic N) is 4. The maximum atomic E-state index is 12.3. The summed E-state index contributed by atoms with van der Waals surface area (Å²) >= 11 is 0. The third kappa shape index (κ3) is 4.28. The number of likely N-dealkylation sites (tertiary alicyclic amines) is 1. The van der Waals surface area contributed by atoms with Gasteiger partial charge in [0.2, 0.25) is 5.91 Å². The molecule has 0 aromatic carbocycles. The number of rotatable bonds is 6. The summed E-state index contributed by atoms with van der Waals surface area (Å²) in [6, 6.07) is -0.0462. The lowest BCUT2D eigenvalue weighted by Gasteiger charge is -2.38. The number of hydrogen-bond acceptors (Lipinski definition) is 5. The molecule has 2 fully saturated rings. The third-order valence-corrected chi connectivity index (χ3v) is 5.16. The quantitative estimate of drug-likeness (QED) is 0.739. The van der Waals surface area contributed by atoms with Gasteiger partial charge in [0, 0.05) is 52.7 Å². The van der Waals surface area contributed by atoms with Crippen molar-refractivity contribution in [2.45, 2.75) is 32.2 Å². The molecule has 0 aliphatic carbocycles. The molecule has 1 aromatic heterocycles. The van der Waals surface area contributed by atoms with Crippen LogP contribution in [0.4, 0.5) is 4.79 Å². The number of aromatic nitrogens is 3. The minimum atomic E-state index is -0.0462. The molecule has 9 heteroatoms. The van der Waals surface area contributed by atoms with Crippen molar-refractivity contribution < 1.29 is 14.3 Å². The zero-order valence-corrected chi connectivity index (χ0v) is 14.7. The highest BCUT2D eigenvalue weighted by molar-refractivity contribution is 5.79. The molecule has 2 N–H and O–H groups in total. The van der Waals surface area contributed by atoms with Crippen LogP contribution in [-0.4, -0.2) is 71.5 Å². The molecule has 2 aliphatic rings. The fourth-order valence-corrected chi connectivity index (χ4v) is 3.53. The average Bonchev–Trinajstić information content (AvgIpc) is 3.20. The zero-order chi connectivity index (χ0) is 17.7. The maximum Gasteiger partial charge on any atom is 0.317 e. The van der Waals surface area contributed by atoms with Gasteiger partial charge in [-0.3, -0.25) is 4.79 Å². The average molecular weight is 350 g/mol. The summed E-state index contributed by atoms with van der Waals surface area (Å²) in [5.41, 5.74) is 0.0611. The predicted molar refractivity (Wildman–Crippen MR) is 89.9 cm³/mol.